The molecule has 0 bridgehead atoms. The van der Waals surface area contributed by atoms with Gasteiger partial charge in [0.15, 0.2) is 5.82 Å². The molecule has 1 aromatic carbocycles. The van der Waals surface area contributed by atoms with Gasteiger partial charge in [-0.15, -0.1) is 11.8 Å². The van der Waals surface area contributed by atoms with E-state index in [0.29, 0.717) is 11.8 Å². The minimum Gasteiger partial charge on any atom is -0.339 e. The molecular formula is C14H16ClN3OS2. The normalized spacial score (nSPS) is 18.8. The minimum atomic E-state index is 0.442. The number of hydrogen-bond donors (Lipinski definition) is 1. The fourth-order valence-electron chi connectivity index (χ4n) is 2.10. The summed E-state index contributed by atoms with van der Waals surface area (Å²) in [6.45, 7) is 1.06. The zero-order valence-electron chi connectivity index (χ0n) is 11.4. The average Bonchev–Trinajstić information content (AvgIpc) is 2.94. The first-order chi connectivity index (χ1) is 10.3. The summed E-state index contributed by atoms with van der Waals surface area (Å²) in [7, 11) is 0. The first-order valence-electron chi connectivity index (χ1n) is 6.80. The Balaban J connectivity index is 1.52. The van der Waals surface area contributed by atoms with E-state index in [-0.39, 0.29) is 0 Å². The van der Waals surface area contributed by atoms with Crippen molar-refractivity contribution in [3.8, 4) is 0 Å². The number of halogens is 1. The third kappa shape index (κ3) is 4.64. The summed E-state index contributed by atoms with van der Waals surface area (Å²) < 4.78 is 5.33. The molecule has 4 nitrogen and oxygen atoms in total. The number of nitrogens with one attached hydrogen (secondary N) is 1. The molecule has 0 spiro atoms. The van der Waals surface area contributed by atoms with Crippen molar-refractivity contribution < 1.29 is 4.52 Å². The van der Waals surface area contributed by atoms with Gasteiger partial charge < -0.3 is 9.84 Å². The summed E-state index contributed by atoms with van der Waals surface area (Å²) in [6, 6.07) is 8.22. The standard InChI is InChI=1S/C14H16ClN3OS2/c15-10-2-1-3-12(6-10)21-9-13-17-14(19-18-13)7-11-8-20-5-4-16-11/h1-3,6,11,16H,4-5,7-9H2. The molecular weight excluding hydrogens is 326 g/mol. The molecule has 1 aliphatic rings. The van der Waals surface area contributed by atoms with Crippen molar-refractivity contribution in [2.45, 2.75) is 23.1 Å². The minimum absolute atomic E-state index is 0.442. The highest BCUT2D eigenvalue weighted by Gasteiger charge is 2.17. The van der Waals surface area contributed by atoms with Crippen LogP contribution in [0.5, 0.6) is 0 Å². The van der Waals surface area contributed by atoms with Crippen LogP contribution in [-0.4, -0.2) is 34.2 Å². The summed E-state index contributed by atoms with van der Waals surface area (Å²) in [5.74, 6) is 4.43. The number of thioether (sulfide) groups is 2. The van der Waals surface area contributed by atoms with E-state index >= 15 is 0 Å². The molecule has 1 aliphatic heterocycles. The van der Waals surface area contributed by atoms with Crippen molar-refractivity contribution in [3.63, 3.8) is 0 Å². The Morgan fingerprint density at radius 2 is 2.43 bits per heavy atom. The van der Waals surface area contributed by atoms with Gasteiger partial charge in [-0.3, -0.25) is 0 Å². The topological polar surface area (TPSA) is 51.0 Å². The number of hydrogen-bond acceptors (Lipinski definition) is 6. The third-order valence-corrected chi connectivity index (χ3v) is 5.45. The van der Waals surface area contributed by atoms with Crippen LogP contribution in [0.1, 0.15) is 11.7 Å². The summed E-state index contributed by atoms with van der Waals surface area (Å²) in [6.07, 6.45) is 0.807. The molecule has 1 aromatic heterocycles. The van der Waals surface area contributed by atoms with Gasteiger partial charge in [-0.1, -0.05) is 22.8 Å². The highest BCUT2D eigenvalue weighted by Crippen LogP contribution is 2.24. The van der Waals surface area contributed by atoms with E-state index in [1.165, 1.54) is 5.75 Å². The maximum absolute atomic E-state index is 5.97. The molecule has 0 amide bonds. The van der Waals surface area contributed by atoms with E-state index in [2.05, 4.69) is 15.5 Å². The predicted molar refractivity (Wildman–Crippen MR) is 88.1 cm³/mol. The van der Waals surface area contributed by atoms with Gasteiger partial charge >= 0.3 is 0 Å². The average molecular weight is 342 g/mol. The first kappa shape index (κ1) is 15.2. The number of benzene rings is 1. The smallest absolute Gasteiger partial charge is 0.228 e. The third-order valence-electron chi connectivity index (χ3n) is 3.09. The molecule has 0 saturated carbocycles. The summed E-state index contributed by atoms with van der Waals surface area (Å²) >= 11 is 9.59. The maximum Gasteiger partial charge on any atom is 0.228 e. The summed E-state index contributed by atoms with van der Waals surface area (Å²) in [5.41, 5.74) is 0. The molecule has 0 aliphatic carbocycles. The zero-order chi connectivity index (χ0) is 14.5. The molecule has 0 radical (unpaired) electrons. The van der Waals surface area contributed by atoms with Crippen LogP contribution in [0.3, 0.4) is 0 Å². The van der Waals surface area contributed by atoms with Gasteiger partial charge in [0.1, 0.15) is 0 Å². The lowest BCUT2D eigenvalue weighted by Crippen LogP contribution is -2.38. The molecule has 1 saturated heterocycles. The molecule has 21 heavy (non-hydrogen) atoms. The van der Waals surface area contributed by atoms with E-state index in [9.17, 15) is 0 Å². The maximum atomic E-state index is 5.97. The van der Waals surface area contributed by atoms with E-state index in [4.69, 9.17) is 16.1 Å². The van der Waals surface area contributed by atoms with Gasteiger partial charge in [-0.25, -0.2) is 0 Å². The molecule has 1 fully saturated rings. The Bertz CT molecular complexity index is 587. The quantitative estimate of drug-likeness (QED) is 0.842. The van der Waals surface area contributed by atoms with E-state index < -0.39 is 0 Å². The molecule has 1 atom stereocenters. The second-order valence-electron chi connectivity index (χ2n) is 4.78. The Morgan fingerprint density at radius 1 is 1.48 bits per heavy atom. The van der Waals surface area contributed by atoms with Crippen LogP contribution >= 0.6 is 35.1 Å². The zero-order valence-corrected chi connectivity index (χ0v) is 13.8. The number of rotatable bonds is 5. The first-order valence-corrected chi connectivity index (χ1v) is 9.32. The monoisotopic (exact) mass is 341 g/mol. The van der Waals surface area contributed by atoms with Crippen LogP contribution in [0, 0.1) is 0 Å². The fourth-order valence-corrected chi connectivity index (χ4v) is 4.10. The Kier molecular flexibility index (Phi) is 5.46. The van der Waals surface area contributed by atoms with Crippen LogP contribution in [0.15, 0.2) is 33.7 Å². The second-order valence-corrected chi connectivity index (χ2v) is 7.42. The van der Waals surface area contributed by atoms with Crippen LogP contribution in [0.2, 0.25) is 5.02 Å². The highest BCUT2D eigenvalue weighted by atomic mass is 35.5. The number of nitrogens with zero attached hydrogens (tertiary/aromatic N) is 2. The van der Waals surface area contributed by atoms with Crippen molar-refractivity contribution in [2.75, 3.05) is 18.1 Å². The second kappa shape index (κ2) is 7.54. The SMILES string of the molecule is Clc1cccc(SCc2noc(CC3CSCCN3)n2)c1. The lowest BCUT2D eigenvalue weighted by atomic mass is 10.2. The molecule has 2 aromatic rings. The van der Waals surface area contributed by atoms with Crippen LogP contribution < -0.4 is 5.32 Å². The van der Waals surface area contributed by atoms with Crippen LogP contribution in [0.25, 0.3) is 0 Å². The van der Waals surface area contributed by atoms with E-state index in [0.717, 1.165) is 40.4 Å². The van der Waals surface area contributed by atoms with Gasteiger partial charge in [-0.2, -0.15) is 16.7 Å². The molecule has 112 valence electrons. The van der Waals surface area contributed by atoms with Crippen molar-refractivity contribution >= 4 is 35.1 Å². The predicted octanol–water partition coefficient (Wildman–Crippen LogP) is 3.26. The fraction of sp³-hybridized carbons (Fsp3) is 0.429. The molecule has 1 N–H and O–H groups in total. The van der Waals surface area contributed by atoms with E-state index in [1.54, 1.807) is 11.8 Å². The van der Waals surface area contributed by atoms with Gasteiger partial charge in [0.25, 0.3) is 0 Å². The van der Waals surface area contributed by atoms with Gasteiger partial charge in [0.05, 0.1) is 5.75 Å². The number of aromatic nitrogens is 2. The van der Waals surface area contributed by atoms with Gasteiger partial charge in [-0.05, 0) is 18.2 Å². The van der Waals surface area contributed by atoms with Crippen molar-refractivity contribution in [3.05, 3.63) is 41.0 Å². The largest absolute Gasteiger partial charge is 0.339 e. The van der Waals surface area contributed by atoms with E-state index in [1.807, 2.05) is 36.0 Å². The molecule has 3 rings (SSSR count). The van der Waals surface area contributed by atoms with Gasteiger partial charge in [0, 0.05) is 40.4 Å². The molecule has 2 heterocycles. The van der Waals surface area contributed by atoms with Crippen LogP contribution in [-0.2, 0) is 12.2 Å². The highest BCUT2D eigenvalue weighted by molar-refractivity contribution is 7.99. The molecule has 1 unspecified atom stereocenters. The molecule has 7 heteroatoms. The lowest BCUT2D eigenvalue weighted by molar-refractivity contribution is 0.359. The van der Waals surface area contributed by atoms with Crippen molar-refractivity contribution in [1.82, 2.24) is 15.5 Å². The summed E-state index contributed by atoms with van der Waals surface area (Å²) in [4.78, 5) is 5.57. The van der Waals surface area contributed by atoms with Crippen LogP contribution in [0.4, 0.5) is 0 Å². The summed E-state index contributed by atoms with van der Waals surface area (Å²) in [5, 5.41) is 8.26. The Morgan fingerprint density at radius 3 is 3.24 bits per heavy atom. The van der Waals surface area contributed by atoms with Crippen molar-refractivity contribution in [1.29, 1.82) is 0 Å². The van der Waals surface area contributed by atoms with Crippen molar-refractivity contribution in [2.24, 2.45) is 0 Å². The lowest BCUT2D eigenvalue weighted by Gasteiger charge is -2.21. The Hall–Kier alpha value is -0.690. The Labute approximate surface area is 137 Å². The van der Waals surface area contributed by atoms with Gasteiger partial charge in [0.2, 0.25) is 5.89 Å².